The van der Waals surface area contributed by atoms with Crippen LogP contribution in [0.1, 0.15) is 43.1 Å². The Kier molecular flexibility index (Phi) is 6.33. The van der Waals surface area contributed by atoms with E-state index in [1.165, 1.54) is 4.31 Å². The second-order valence-corrected chi connectivity index (χ2v) is 11.0. The van der Waals surface area contributed by atoms with Crippen molar-refractivity contribution in [3.8, 4) is 17.1 Å². The minimum Gasteiger partial charge on any atom is -0.495 e. The van der Waals surface area contributed by atoms with Gasteiger partial charge in [0.05, 0.1) is 17.7 Å². The van der Waals surface area contributed by atoms with Crippen molar-refractivity contribution in [3.63, 3.8) is 0 Å². The molecule has 1 amide bonds. The maximum absolute atomic E-state index is 13.5. The van der Waals surface area contributed by atoms with E-state index in [1.807, 2.05) is 18.2 Å². The van der Waals surface area contributed by atoms with Crippen molar-refractivity contribution in [1.29, 1.82) is 0 Å². The number of methoxy groups -OCH3 is 1. The van der Waals surface area contributed by atoms with Crippen molar-refractivity contribution >= 4 is 21.6 Å². The van der Waals surface area contributed by atoms with Crippen molar-refractivity contribution in [3.05, 3.63) is 53.9 Å². The Labute approximate surface area is 204 Å². The molecule has 35 heavy (non-hydrogen) atoms. The Morgan fingerprint density at radius 1 is 1.11 bits per heavy atom. The lowest BCUT2D eigenvalue weighted by Crippen LogP contribution is -2.41. The first-order chi connectivity index (χ1) is 16.9. The fraction of sp³-hybridized carbons (Fsp3) is 0.400. The van der Waals surface area contributed by atoms with Crippen molar-refractivity contribution in [2.75, 3.05) is 25.5 Å². The summed E-state index contributed by atoms with van der Waals surface area (Å²) in [4.78, 5) is 17.5. The van der Waals surface area contributed by atoms with E-state index in [-0.39, 0.29) is 29.8 Å². The highest BCUT2D eigenvalue weighted by molar-refractivity contribution is 7.89. The van der Waals surface area contributed by atoms with Crippen molar-refractivity contribution < 1.29 is 22.5 Å². The molecule has 2 heterocycles. The molecule has 1 N–H and O–H groups in total. The molecule has 184 valence electrons. The lowest BCUT2D eigenvalue weighted by atomic mass is 9.97. The van der Waals surface area contributed by atoms with Gasteiger partial charge in [0.1, 0.15) is 5.75 Å². The van der Waals surface area contributed by atoms with Crippen LogP contribution in [0.25, 0.3) is 11.4 Å². The van der Waals surface area contributed by atoms with Crippen LogP contribution in [0.15, 0.2) is 51.9 Å². The third kappa shape index (κ3) is 4.81. The van der Waals surface area contributed by atoms with Gasteiger partial charge in [-0.15, -0.1) is 0 Å². The SMILES string of the molecule is COc1ccccc1NC(=O)C1CCN(S(=O)(=O)c2cc(-c3noc(C4CC4)n3)ccc2C)CC1. The molecule has 1 saturated heterocycles. The Hall–Kier alpha value is -3.24. The van der Waals surface area contributed by atoms with Gasteiger partial charge in [0.2, 0.25) is 27.6 Å². The second kappa shape index (κ2) is 9.43. The van der Waals surface area contributed by atoms with E-state index in [1.54, 1.807) is 38.3 Å². The highest BCUT2D eigenvalue weighted by atomic mass is 32.2. The molecular formula is C25H28N4O5S. The van der Waals surface area contributed by atoms with Gasteiger partial charge in [-0.1, -0.05) is 29.4 Å². The average molecular weight is 497 g/mol. The number of para-hydroxylation sites is 2. The summed E-state index contributed by atoms with van der Waals surface area (Å²) in [6, 6.07) is 12.4. The smallest absolute Gasteiger partial charge is 0.243 e. The van der Waals surface area contributed by atoms with Gasteiger partial charge in [-0.2, -0.15) is 9.29 Å². The predicted molar refractivity (Wildman–Crippen MR) is 130 cm³/mol. The van der Waals surface area contributed by atoms with E-state index in [9.17, 15) is 13.2 Å². The molecule has 3 aromatic rings. The number of sulfonamides is 1. The van der Waals surface area contributed by atoms with Crippen molar-refractivity contribution in [2.45, 2.75) is 43.4 Å². The highest BCUT2D eigenvalue weighted by Crippen LogP contribution is 2.39. The standard InChI is InChI=1S/C25H28N4O5S/c1-16-7-8-19(23-27-25(34-28-23)18-9-10-18)15-22(16)35(31,32)29-13-11-17(12-14-29)24(30)26-20-5-3-4-6-21(20)33-2/h3-8,15,17-18H,9-14H2,1-2H3,(H,26,30). The van der Waals surface area contributed by atoms with E-state index in [0.717, 1.165) is 12.8 Å². The molecule has 10 heteroatoms. The number of piperidine rings is 1. The number of nitrogens with one attached hydrogen (secondary N) is 1. The number of amides is 1. The molecule has 9 nitrogen and oxygen atoms in total. The zero-order valence-corrected chi connectivity index (χ0v) is 20.5. The first-order valence-corrected chi connectivity index (χ1v) is 13.2. The maximum atomic E-state index is 13.5. The van der Waals surface area contributed by atoms with Crippen LogP contribution < -0.4 is 10.1 Å². The summed E-state index contributed by atoms with van der Waals surface area (Å²) in [6.45, 7) is 2.31. The minimum atomic E-state index is -3.74. The Morgan fingerprint density at radius 2 is 1.86 bits per heavy atom. The first kappa shape index (κ1) is 23.5. The highest BCUT2D eigenvalue weighted by Gasteiger charge is 2.34. The van der Waals surface area contributed by atoms with Crippen LogP contribution in [0.4, 0.5) is 5.69 Å². The quantitative estimate of drug-likeness (QED) is 0.526. The summed E-state index contributed by atoms with van der Waals surface area (Å²) in [5.74, 6) is 1.51. The molecular weight excluding hydrogens is 468 g/mol. The summed E-state index contributed by atoms with van der Waals surface area (Å²) >= 11 is 0. The Bertz CT molecular complexity index is 1340. The number of aryl methyl sites for hydroxylation is 1. The molecule has 0 spiro atoms. The number of benzene rings is 2. The molecule has 2 fully saturated rings. The van der Waals surface area contributed by atoms with Crippen LogP contribution in [0.3, 0.4) is 0 Å². The lowest BCUT2D eigenvalue weighted by molar-refractivity contribution is -0.120. The topological polar surface area (TPSA) is 115 Å². The van der Waals surface area contributed by atoms with Gasteiger partial charge in [-0.05, 0) is 56.4 Å². The number of nitrogens with zero attached hydrogens (tertiary/aromatic N) is 3. The van der Waals surface area contributed by atoms with Gasteiger partial charge in [0.25, 0.3) is 0 Å². The van der Waals surface area contributed by atoms with Crippen LogP contribution in [0, 0.1) is 12.8 Å². The minimum absolute atomic E-state index is 0.131. The van der Waals surface area contributed by atoms with Crippen LogP contribution in [-0.4, -0.2) is 49.0 Å². The van der Waals surface area contributed by atoms with E-state index in [4.69, 9.17) is 9.26 Å². The number of carbonyl (C=O) groups excluding carboxylic acids is 1. The number of ether oxygens (including phenoxy) is 1. The Morgan fingerprint density at radius 3 is 2.57 bits per heavy atom. The molecule has 1 aliphatic heterocycles. The fourth-order valence-electron chi connectivity index (χ4n) is 4.35. The number of anilines is 1. The average Bonchev–Trinajstić information content (AvgIpc) is 3.61. The van der Waals surface area contributed by atoms with Crippen LogP contribution >= 0.6 is 0 Å². The molecule has 1 saturated carbocycles. The number of carbonyl (C=O) groups is 1. The molecule has 0 unspecified atom stereocenters. The lowest BCUT2D eigenvalue weighted by Gasteiger charge is -2.31. The number of aromatic nitrogens is 2. The molecule has 2 aromatic carbocycles. The van der Waals surface area contributed by atoms with Crippen molar-refractivity contribution in [1.82, 2.24) is 14.4 Å². The van der Waals surface area contributed by atoms with Crippen LogP contribution in [-0.2, 0) is 14.8 Å². The van der Waals surface area contributed by atoms with Gasteiger partial charge < -0.3 is 14.6 Å². The Balaban J connectivity index is 1.28. The summed E-state index contributed by atoms with van der Waals surface area (Å²) in [7, 11) is -2.19. The first-order valence-electron chi connectivity index (χ1n) is 11.8. The molecule has 0 atom stereocenters. The predicted octanol–water partition coefficient (Wildman–Crippen LogP) is 3.97. The second-order valence-electron chi connectivity index (χ2n) is 9.08. The van der Waals surface area contributed by atoms with Crippen LogP contribution in [0.5, 0.6) is 5.75 Å². The summed E-state index contributed by atoms with van der Waals surface area (Å²) < 4.78 is 39.1. The summed E-state index contributed by atoms with van der Waals surface area (Å²) in [5, 5.41) is 6.95. The molecule has 0 bridgehead atoms. The van der Waals surface area contributed by atoms with Gasteiger partial charge in [0, 0.05) is 30.5 Å². The monoisotopic (exact) mass is 496 g/mol. The third-order valence-electron chi connectivity index (χ3n) is 6.62. The van der Waals surface area contributed by atoms with Gasteiger partial charge in [-0.25, -0.2) is 8.42 Å². The van der Waals surface area contributed by atoms with Crippen molar-refractivity contribution in [2.24, 2.45) is 5.92 Å². The largest absolute Gasteiger partial charge is 0.495 e. The van der Waals surface area contributed by atoms with E-state index in [2.05, 4.69) is 15.5 Å². The summed E-state index contributed by atoms with van der Waals surface area (Å²) in [6.07, 6.45) is 2.97. The molecule has 5 rings (SSSR count). The number of hydrogen-bond acceptors (Lipinski definition) is 7. The van der Waals surface area contributed by atoms with Crippen LogP contribution in [0.2, 0.25) is 0 Å². The van der Waals surface area contributed by atoms with Gasteiger partial charge >= 0.3 is 0 Å². The molecule has 2 aliphatic rings. The zero-order valence-electron chi connectivity index (χ0n) is 19.7. The maximum Gasteiger partial charge on any atom is 0.243 e. The van der Waals surface area contributed by atoms with E-state index >= 15 is 0 Å². The number of hydrogen-bond donors (Lipinski definition) is 1. The zero-order chi connectivity index (χ0) is 24.6. The summed E-state index contributed by atoms with van der Waals surface area (Å²) in [5.41, 5.74) is 1.86. The molecule has 0 radical (unpaired) electrons. The third-order valence-corrected chi connectivity index (χ3v) is 8.66. The fourth-order valence-corrected chi connectivity index (χ4v) is 6.07. The molecule has 1 aliphatic carbocycles. The normalized spacial score (nSPS) is 17.3. The van der Waals surface area contributed by atoms with E-state index < -0.39 is 10.0 Å². The van der Waals surface area contributed by atoms with Gasteiger partial charge in [-0.3, -0.25) is 4.79 Å². The number of rotatable bonds is 7. The molecule has 1 aromatic heterocycles. The van der Waals surface area contributed by atoms with Gasteiger partial charge in [0.15, 0.2) is 0 Å². The van der Waals surface area contributed by atoms with E-state index in [0.29, 0.717) is 53.0 Å².